The Hall–Kier alpha value is -6.37. The summed E-state index contributed by atoms with van der Waals surface area (Å²) in [5.41, 5.74) is -14.3. The number of rotatable bonds is 7. The van der Waals surface area contributed by atoms with Crippen LogP contribution in [0.2, 0.25) is 0 Å². The molecule has 0 amide bonds. The molecule has 0 saturated heterocycles. The first-order valence-corrected chi connectivity index (χ1v) is 17.7. The smallest absolute Gasteiger partial charge is 0.200 e. The Bertz CT molecular complexity index is 2410. The van der Waals surface area contributed by atoms with Crippen LogP contribution in [0.25, 0.3) is 0 Å². The minimum Gasteiger partial charge on any atom is -0.207 e. The minimum atomic E-state index is -7.22. The molecule has 0 aliphatic heterocycles. The lowest BCUT2D eigenvalue weighted by Gasteiger charge is -2.44. The van der Waals surface area contributed by atoms with E-state index in [9.17, 15) is 56.9 Å². The van der Waals surface area contributed by atoms with Gasteiger partial charge >= 0.3 is 0 Å². The fraction of sp³-hybridized carbons (Fsp3) is 0.0556. The van der Waals surface area contributed by atoms with Crippen molar-refractivity contribution in [1.82, 2.24) is 0 Å². The second-order valence-corrected chi connectivity index (χ2v) is 14.9. The van der Waals surface area contributed by atoms with E-state index in [-0.39, 0.29) is 11.3 Å². The van der Waals surface area contributed by atoms with Crippen LogP contribution in [0, 0.1) is 139 Å². The first-order valence-electron chi connectivity index (χ1n) is 15.6. The van der Waals surface area contributed by atoms with Gasteiger partial charge in [-0.25, -0.2) is 87.8 Å². The number of benzene rings is 5. The normalized spacial score (nSPS) is 12.2. The van der Waals surface area contributed by atoms with Gasteiger partial charge in [-0.3, -0.25) is 0 Å². The Morgan fingerprint density at radius 2 is 0.656 bits per heavy atom. The topological polar surface area (TPSA) is 64.7 Å². The van der Waals surface area contributed by atoms with E-state index >= 15 is 35.1 Å². The molecular formula is C36H11BF20N2OS. The molecule has 0 aliphatic rings. The number of hydrogen-bond donors (Lipinski definition) is 0. The summed E-state index contributed by atoms with van der Waals surface area (Å²) in [6.45, 7) is 0. The zero-order valence-corrected chi connectivity index (χ0v) is 29.8. The molecule has 3 nitrogen and oxygen atoms in total. The molecule has 0 heterocycles. The van der Waals surface area contributed by atoms with Crippen LogP contribution in [-0.2, 0) is 14.1 Å². The summed E-state index contributed by atoms with van der Waals surface area (Å²) in [5, 5.41) is 17.1. The quantitative estimate of drug-likeness (QED) is 0.0416. The van der Waals surface area contributed by atoms with E-state index in [0.717, 1.165) is 4.90 Å². The van der Waals surface area contributed by atoms with Crippen LogP contribution in [0.5, 0.6) is 0 Å². The molecule has 0 spiro atoms. The maximum absolute atomic E-state index is 15.4. The highest BCUT2D eigenvalue weighted by molar-refractivity contribution is 8.02. The lowest BCUT2D eigenvalue weighted by atomic mass is 9.12. The molecule has 0 aliphatic carbocycles. The highest BCUT2D eigenvalue weighted by Gasteiger charge is 2.52. The molecule has 0 aromatic heterocycles. The standard InChI is InChI=1S/C24BF20.C12H11N2OS/c26-5-1(6(27)14(35)21(42)13(5)34)25(2-7(28)15(36)22(43)16(37)8(2)29,3-9(30)17(38)23(44)18(39)10(3)31)4-11(32)19(40)24(45)20(41)12(4)33;1-16(15,8-7-11(9-13)10-14)12-5-3-2-4-6-12/h;2-7H,8H2,1H3/q-1;+1. The summed E-state index contributed by atoms with van der Waals surface area (Å²) in [4.78, 5) is 0.737. The third kappa shape index (κ3) is 7.55. The van der Waals surface area contributed by atoms with E-state index in [1.807, 2.05) is 18.2 Å². The van der Waals surface area contributed by atoms with Crippen molar-refractivity contribution in [2.45, 2.75) is 4.90 Å². The van der Waals surface area contributed by atoms with Gasteiger partial charge < -0.3 is 0 Å². The van der Waals surface area contributed by atoms with E-state index < -0.39 is 154 Å². The largest absolute Gasteiger partial charge is 0.207 e. The Labute approximate surface area is 327 Å². The van der Waals surface area contributed by atoms with Crippen molar-refractivity contribution in [2.24, 2.45) is 0 Å². The fourth-order valence-electron chi connectivity index (χ4n) is 6.04. The SMILES string of the molecule is C[S+](=O)(CC=C(C#N)C#N)c1ccccc1.Fc1c(F)c(F)c([B-](c2c(F)c(F)c(F)c(F)c2F)(c2c(F)c(F)c(F)c(F)c2F)c2c(F)c(F)c(F)c(F)c2F)c(F)c1F. The van der Waals surface area contributed by atoms with E-state index in [1.165, 1.54) is 6.08 Å². The number of nitriles is 2. The highest BCUT2D eigenvalue weighted by Crippen LogP contribution is 2.31. The second-order valence-electron chi connectivity index (χ2n) is 12.1. The summed E-state index contributed by atoms with van der Waals surface area (Å²) >= 11 is 0. The van der Waals surface area contributed by atoms with Gasteiger partial charge in [-0.15, -0.1) is 21.9 Å². The van der Waals surface area contributed by atoms with Crippen molar-refractivity contribution in [3.8, 4) is 12.1 Å². The fourth-order valence-corrected chi connectivity index (χ4v) is 7.45. The van der Waals surface area contributed by atoms with Gasteiger partial charge in [-0.2, -0.15) is 10.5 Å². The third-order valence-corrected chi connectivity index (χ3v) is 10.9. The minimum absolute atomic E-state index is 0.00510. The molecule has 5 aromatic carbocycles. The molecule has 0 N–H and O–H groups in total. The molecule has 1 unspecified atom stereocenters. The van der Waals surface area contributed by atoms with Crippen LogP contribution in [0.3, 0.4) is 0 Å². The molecule has 5 rings (SSSR count). The van der Waals surface area contributed by atoms with Crippen LogP contribution in [0.1, 0.15) is 0 Å². The molecule has 25 heteroatoms. The van der Waals surface area contributed by atoms with Gasteiger partial charge in [0.05, 0.1) is 0 Å². The lowest BCUT2D eigenvalue weighted by Crippen LogP contribution is -2.81. The maximum Gasteiger partial charge on any atom is 0.200 e. The molecule has 320 valence electrons. The van der Waals surface area contributed by atoms with Crippen molar-refractivity contribution in [2.75, 3.05) is 12.0 Å². The average molecular weight is 910 g/mol. The maximum atomic E-state index is 15.4. The second kappa shape index (κ2) is 17.3. The first kappa shape index (κ1) is 47.3. The predicted molar refractivity (Wildman–Crippen MR) is 172 cm³/mol. The molecule has 0 fully saturated rings. The first-order chi connectivity index (χ1) is 28.3. The van der Waals surface area contributed by atoms with Gasteiger partial charge in [0.25, 0.3) is 0 Å². The third-order valence-electron chi connectivity index (χ3n) is 8.80. The van der Waals surface area contributed by atoms with Gasteiger partial charge in [0.2, 0.25) is 0 Å². The monoisotopic (exact) mass is 910 g/mol. The van der Waals surface area contributed by atoms with Crippen molar-refractivity contribution in [3.05, 3.63) is 158 Å². The molecule has 1 atom stereocenters. The van der Waals surface area contributed by atoms with Crippen LogP contribution in [0.4, 0.5) is 87.8 Å². The molecule has 0 bridgehead atoms. The lowest BCUT2D eigenvalue weighted by molar-refractivity contribution is 0.378. The van der Waals surface area contributed by atoms with E-state index in [4.69, 9.17) is 10.5 Å². The van der Waals surface area contributed by atoms with Crippen LogP contribution in [-0.4, -0.2) is 18.2 Å². The number of allylic oxidation sites excluding steroid dienone is 1. The number of nitrogens with zero attached hydrogens (tertiary/aromatic N) is 2. The van der Waals surface area contributed by atoms with E-state index in [2.05, 4.69) is 0 Å². The average Bonchev–Trinajstić information content (AvgIpc) is 3.24. The van der Waals surface area contributed by atoms with Gasteiger partial charge in [-0.05, 0) is 18.2 Å². The van der Waals surface area contributed by atoms with Crippen LogP contribution >= 0.6 is 0 Å². The van der Waals surface area contributed by atoms with Gasteiger partial charge in [0.1, 0.15) is 92.3 Å². The molecular weight excluding hydrogens is 899 g/mol. The molecule has 61 heavy (non-hydrogen) atoms. The summed E-state index contributed by atoms with van der Waals surface area (Å²) in [6.07, 6.45) is -4.16. The zero-order valence-electron chi connectivity index (χ0n) is 29.0. The van der Waals surface area contributed by atoms with Gasteiger partial charge in [0.15, 0.2) is 74.7 Å². The predicted octanol–water partition coefficient (Wildman–Crippen LogP) is 7.99. The van der Waals surface area contributed by atoms with Crippen molar-refractivity contribution < 1.29 is 92.0 Å². The van der Waals surface area contributed by atoms with Crippen LogP contribution in [0.15, 0.2) is 46.9 Å². The van der Waals surface area contributed by atoms with E-state index in [0.29, 0.717) is 0 Å². The Kier molecular flexibility index (Phi) is 13.4. The summed E-state index contributed by atoms with van der Waals surface area (Å²) in [6, 6.07) is 12.6. The molecule has 5 aromatic rings. The Morgan fingerprint density at radius 3 is 0.869 bits per heavy atom. The molecule has 0 radical (unpaired) electrons. The van der Waals surface area contributed by atoms with E-state index in [1.54, 1.807) is 30.5 Å². The van der Waals surface area contributed by atoms with Crippen LogP contribution < -0.4 is 21.9 Å². The van der Waals surface area contributed by atoms with Crippen molar-refractivity contribution in [1.29, 1.82) is 10.5 Å². The highest BCUT2D eigenvalue weighted by atomic mass is 32.2. The van der Waals surface area contributed by atoms with Gasteiger partial charge in [0, 0.05) is 0 Å². The molecule has 0 saturated carbocycles. The summed E-state index contributed by atoms with van der Waals surface area (Å²) in [7, 11) is -2.20. The number of hydrogen-bond acceptors (Lipinski definition) is 3. The summed E-state index contributed by atoms with van der Waals surface area (Å²) < 4.78 is 306. The van der Waals surface area contributed by atoms with Crippen molar-refractivity contribution in [3.63, 3.8) is 0 Å². The zero-order chi connectivity index (χ0) is 46.4. The summed E-state index contributed by atoms with van der Waals surface area (Å²) in [5.74, 6) is -71.2. The van der Waals surface area contributed by atoms with Crippen molar-refractivity contribution >= 4 is 37.9 Å². The Morgan fingerprint density at radius 1 is 0.443 bits per heavy atom. The number of halogens is 20. The Balaban J connectivity index is 0.000000430. The van der Waals surface area contributed by atoms with Gasteiger partial charge in [-0.1, -0.05) is 22.4 Å².